The first-order valence-electron chi connectivity index (χ1n) is 7.03. The topological polar surface area (TPSA) is 49.4 Å². The van der Waals surface area contributed by atoms with E-state index in [0.29, 0.717) is 6.54 Å². The molecule has 0 aliphatic heterocycles. The molecule has 4 nitrogen and oxygen atoms in total. The number of nitrogens with zero attached hydrogens (tertiary/aromatic N) is 1. The molecule has 110 valence electrons. The van der Waals surface area contributed by atoms with E-state index in [1.165, 1.54) is 12.8 Å². The van der Waals surface area contributed by atoms with Gasteiger partial charge in [0.2, 0.25) is 10.0 Å². The first kappa shape index (κ1) is 17.9. The summed E-state index contributed by atoms with van der Waals surface area (Å²) in [5.41, 5.74) is 0. The Labute approximate surface area is 113 Å². The second kappa shape index (κ2) is 9.75. The quantitative estimate of drug-likeness (QED) is 0.590. The van der Waals surface area contributed by atoms with Crippen molar-refractivity contribution in [1.29, 1.82) is 0 Å². The molecular formula is C13H30N2O2S. The number of unbranched alkanes of at least 4 members (excludes halogenated alkanes) is 3. The lowest BCUT2D eigenvalue weighted by Crippen LogP contribution is -2.34. The first-order chi connectivity index (χ1) is 8.40. The Morgan fingerprint density at radius 3 is 2.33 bits per heavy atom. The molecular weight excluding hydrogens is 248 g/mol. The fourth-order valence-electron chi connectivity index (χ4n) is 1.77. The van der Waals surface area contributed by atoms with Crippen LogP contribution in [0.25, 0.3) is 0 Å². The number of hydrogen-bond donors (Lipinski definition) is 1. The summed E-state index contributed by atoms with van der Waals surface area (Å²) in [7, 11) is 0.868. The molecule has 0 heterocycles. The summed E-state index contributed by atoms with van der Waals surface area (Å²) in [6.45, 7) is 5.42. The van der Waals surface area contributed by atoms with Crippen molar-refractivity contribution in [2.45, 2.75) is 57.6 Å². The first-order valence-corrected chi connectivity index (χ1v) is 8.58. The Morgan fingerprint density at radius 2 is 1.78 bits per heavy atom. The summed E-state index contributed by atoms with van der Waals surface area (Å²) in [5.74, 6) is 0. The Kier molecular flexibility index (Phi) is 9.68. The molecule has 0 rings (SSSR count). The highest BCUT2D eigenvalue weighted by Gasteiger charge is 2.19. The van der Waals surface area contributed by atoms with E-state index in [4.69, 9.17) is 0 Å². The smallest absolute Gasteiger partial charge is 0.214 e. The summed E-state index contributed by atoms with van der Waals surface area (Å²) >= 11 is 0. The van der Waals surface area contributed by atoms with Crippen molar-refractivity contribution in [1.82, 2.24) is 9.62 Å². The zero-order valence-corrected chi connectivity index (χ0v) is 13.2. The maximum absolute atomic E-state index is 11.9. The van der Waals surface area contributed by atoms with Crippen LogP contribution >= 0.6 is 0 Å². The van der Waals surface area contributed by atoms with Gasteiger partial charge in [0.15, 0.2) is 0 Å². The molecule has 18 heavy (non-hydrogen) atoms. The van der Waals surface area contributed by atoms with Crippen LogP contribution < -0.4 is 4.72 Å². The Bertz CT molecular complexity index is 289. The standard InChI is InChI=1S/C13H30N2O2S/c1-5-6-7-8-10-13(2)18(16,17)14-11-9-12-15(3)4/h13-14H,5-12H2,1-4H3. The SMILES string of the molecule is CCCCCCC(C)S(=O)(=O)NCCCN(C)C. The fraction of sp³-hybridized carbons (Fsp3) is 1.00. The minimum absolute atomic E-state index is 0.270. The van der Waals surface area contributed by atoms with Gasteiger partial charge in [-0.3, -0.25) is 0 Å². The Hall–Kier alpha value is -0.130. The number of rotatable bonds is 11. The summed E-state index contributed by atoms with van der Waals surface area (Å²) in [5, 5.41) is -0.270. The van der Waals surface area contributed by atoms with Crippen molar-refractivity contribution in [3.05, 3.63) is 0 Å². The Morgan fingerprint density at radius 1 is 1.11 bits per heavy atom. The molecule has 0 saturated heterocycles. The van der Waals surface area contributed by atoms with Gasteiger partial charge >= 0.3 is 0 Å². The maximum Gasteiger partial charge on any atom is 0.214 e. The molecule has 1 unspecified atom stereocenters. The molecule has 0 spiro atoms. The molecule has 0 aromatic rings. The van der Waals surface area contributed by atoms with Gasteiger partial charge < -0.3 is 4.90 Å². The molecule has 1 N–H and O–H groups in total. The highest BCUT2D eigenvalue weighted by Crippen LogP contribution is 2.10. The molecule has 0 fully saturated rings. The van der Waals surface area contributed by atoms with E-state index in [1.807, 2.05) is 14.1 Å². The lowest BCUT2D eigenvalue weighted by Gasteiger charge is -2.15. The van der Waals surface area contributed by atoms with E-state index in [-0.39, 0.29) is 5.25 Å². The van der Waals surface area contributed by atoms with Crippen LogP contribution in [0.1, 0.15) is 52.4 Å². The van der Waals surface area contributed by atoms with E-state index < -0.39 is 10.0 Å². The Balaban J connectivity index is 3.82. The fourth-order valence-corrected chi connectivity index (χ4v) is 2.96. The molecule has 0 radical (unpaired) electrons. The third kappa shape index (κ3) is 8.89. The molecule has 1 atom stereocenters. The van der Waals surface area contributed by atoms with Crippen LogP contribution in [0.3, 0.4) is 0 Å². The van der Waals surface area contributed by atoms with Gasteiger partial charge in [-0.05, 0) is 40.4 Å². The third-order valence-corrected chi connectivity index (χ3v) is 4.98. The van der Waals surface area contributed by atoms with Crippen LogP contribution in [0, 0.1) is 0 Å². The summed E-state index contributed by atoms with van der Waals surface area (Å²) < 4.78 is 26.5. The predicted octanol–water partition coefficient (Wildman–Crippen LogP) is 2.22. The van der Waals surface area contributed by atoms with Crippen LogP contribution in [-0.4, -0.2) is 45.8 Å². The van der Waals surface area contributed by atoms with E-state index in [0.717, 1.165) is 32.2 Å². The average molecular weight is 278 g/mol. The highest BCUT2D eigenvalue weighted by atomic mass is 32.2. The van der Waals surface area contributed by atoms with Crippen molar-refractivity contribution in [2.75, 3.05) is 27.2 Å². The van der Waals surface area contributed by atoms with Crippen molar-refractivity contribution in [3.8, 4) is 0 Å². The van der Waals surface area contributed by atoms with Crippen LogP contribution in [0.4, 0.5) is 0 Å². The van der Waals surface area contributed by atoms with Gasteiger partial charge in [0.1, 0.15) is 0 Å². The number of nitrogens with one attached hydrogen (secondary N) is 1. The van der Waals surface area contributed by atoms with E-state index in [9.17, 15) is 8.42 Å². The monoisotopic (exact) mass is 278 g/mol. The van der Waals surface area contributed by atoms with Crippen LogP contribution in [0.2, 0.25) is 0 Å². The second-order valence-corrected chi connectivity index (χ2v) is 7.44. The summed E-state index contributed by atoms with van der Waals surface area (Å²) in [4.78, 5) is 2.06. The molecule has 0 aromatic carbocycles. The van der Waals surface area contributed by atoms with Crippen molar-refractivity contribution in [2.24, 2.45) is 0 Å². The normalized spacial score (nSPS) is 14.1. The average Bonchev–Trinajstić information content (AvgIpc) is 2.30. The second-order valence-electron chi connectivity index (χ2n) is 5.26. The van der Waals surface area contributed by atoms with Gasteiger partial charge in [-0.1, -0.05) is 32.6 Å². The van der Waals surface area contributed by atoms with Gasteiger partial charge in [0.05, 0.1) is 5.25 Å². The van der Waals surface area contributed by atoms with Crippen molar-refractivity contribution < 1.29 is 8.42 Å². The lowest BCUT2D eigenvalue weighted by atomic mass is 10.1. The van der Waals surface area contributed by atoms with Gasteiger partial charge in [-0.15, -0.1) is 0 Å². The largest absolute Gasteiger partial charge is 0.309 e. The van der Waals surface area contributed by atoms with E-state index in [1.54, 1.807) is 6.92 Å². The zero-order valence-electron chi connectivity index (χ0n) is 12.4. The van der Waals surface area contributed by atoms with E-state index >= 15 is 0 Å². The van der Waals surface area contributed by atoms with Crippen molar-refractivity contribution in [3.63, 3.8) is 0 Å². The molecule has 0 bridgehead atoms. The summed E-state index contributed by atoms with van der Waals surface area (Å²) in [6, 6.07) is 0. The maximum atomic E-state index is 11.9. The predicted molar refractivity (Wildman–Crippen MR) is 78.3 cm³/mol. The molecule has 0 aromatic heterocycles. The molecule has 5 heteroatoms. The van der Waals surface area contributed by atoms with Crippen LogP contribution in [0.15, 0.2) is 0 Å². The molecule has 0 aliphatic carbocycles. The minimum Gasteiger partial charge on any atom is -0.309 e. The number of sulfonamides is 1. The van der Waals surface area contributed by atoms with Gasteiger partial charge in [0.25, 0.3) is 0 Å². The summed E-state index contributed by atoms with van der Waals surface area (Å²) in [6.07, 6.45) is 6.15. The lowest BCUT2D eigenvalue weighted by molar-refractivity contribution is 0.399. The van der Waals surface area contributed by atoms with E-state index in [2.05, 4.69) is 16.5 Å². The van der Waals surface area contributed by atoms with Gasteiger partial charge in [0, 0.05) is 6.54 Å². The third-order valence-electron chi connectivity index (χ3n) is 3.08. The van der Waals surface area contributed by atoms with Gasteiger partial charge in [-0.25, -0.2) is 13.1 Å². The number of hydrogen-bond acceptors (Lipinski definition) is 3. The van der Waals surface area contributed by atoms with Crippen LogP contribution in [0.5, 0.6) is 0 Å². The minimum atomic E-state index is -3.11. The molecule has 0 aliphatic rings. The molecule has 0 saturated carbocycles. The highest BCUT2D eigenvalue weighted by molar-refractivity contribution is 7.90. The van der Waals surface area contributed by atoms with Gasteiger partial charge in [-0.2, -0.15) is 0 Å². The van der Waals surface area contributed by atoms with Crippen LogP contribution in [-0.2, 0) is 10.0 Å². The zero-order chi connectivity index (χ0) is 14.0. The molecule has 0 amide bonds. The van der Waals surface area contributed by atoms with Crippen molar-refractivity contribution >= 4 is 10.0 Å².